The fraction of sp³-hybridized carbons (Fsp3) is 0.700. The lowest BCUT2D eigenvalue weighted by molar-refractivity contribution is 0.0441. The van der Waals surface area contributed by atoms with Crippen LogP contribution in [0.2, 0.25) is 0 Å². The summed E-state index contributed by atoms with van der Waals surface area (Å²) in [6, 6.07) is 3.38. The smallest absolute Gasteiger partial charge is 0.254 e. The van der Waals surface area contributed by atoms with Gasteiger partial charge in [-0.05, 0) is 53.0 Å². The van der Waals surface area contributed by atoms with E-state index in [1.807, 2.05) is 4.90 Å². The number of rotatable bonds is 5. The summed E-state index contributed by atoms with van der Waals surface area (Å²) < 4.78 is 1.49. The number of aryl methyl sites for hydroxylation is 1. The summed E-state index contributed by atoms with van der Waals surface area (Å²) in [4.78, 5) is 27.1. The molecule has 0 aliphatic carbocycles. The van der Waals surface area contributed by atoms with E-state index in [0.29, 0.717) is 5.56 Å². The maximum Gasteiger partial charge on any atom is 0.254 e. The molecule has 2 heterocycles. The van der Waals surface area contributed by atoms with E-state index in [1.165, 1.54) is 10.6 Å². The molecule has 0 atom stereocenters. The van der Waals surface area contributed by atoms with Crippen molar-refractivity contribution in [1.82, 2.24) is 14.8 Å². The molecule has 5 nitrogen and oxygen atoms in total. The predicted octanol–water partition coefficient (Wildman–Crippen LogP) is 2.94. The molecule has 1 amide bonds. The summed E-state index contributed by atoms with van der Waals surface area (Å²) in [7, 11) is 1.70. The van der Waals surface area contributed by atoms with Gasteiger partial charge in [0.15, 0.2) is 0 Å². The lowest BCUT2D eigenvalue weighted by Gasteiger charge is -2.49. The zero-order valence-electron chi connectivity index (χ0n) is 16.6. The van der Waals surface area contributed by atoms with E-state index in [4.69, 9.17) is 0 Å². The van der Waals surface area contributed by atoms with Crippen molar-refractivity contribution in [2.24, 2.45) is 7.05 Å². The van der Waals surface area contributed by atoms with Crippen molar-refractivity contribution in [3.8, 4) is 0 Å². The monoisotopic (exact) mass is 347 g/mol. The maximum atomic E-state index is 13.2. The average Bonchev–Trinajstić information content (AvgIpc) is 2.47. The minimum absolute atomic E-state index is 0.0235. The highest BCUT2D eigenvalue weighted by Crippen LogP contribution is 2.32. The zero-order chi connectivity index (χ0) is 18.8. The molecule has 1 aromatic heterocycles. The fourth-order valence-corrected chi connectivity index (χ4v) is 4.11. The summed E-state index contributed by atoms with van der Waals surface area (Å²) in [5, 5.41) is 3.68. The number of carbonyl (C=O) groups excluding carboxylic acids is 1. The van der Waals surface area contributed by atoms with Gasteiger partial charge in [0.1, 0.15) is 0 Å². The molecule has 1 fully saturated rings. The van der Waals surface area contributed by atoms with Gasteiger partial charge in [0, 0.05) is 48.5 Å². The first kappa shape index (κ1) is 19.7. The molecular formula is C20H33N3O2. The lowest BCUT2D eigenvalue weighted by atomic mass is 9.78. The van der Waals surface area contributed by atoms with Crippen molar-refractivity contribution in [2.45, 2.75) is 77.4 Å². The Kier molecular flexibility index (Phi) is 5.77. The van der Waals surface area contributed by atoms with E-state index in [2.05, 4.69) is 39.9 Å². The molecule has 1 aliphatic heterocycles. The third-order valence-electron chi connectivity index (χ3n) is 4.97. The fourth-order valence-electron chi connectivity index (χ4n) is 4.11. The highest BCUT2D eigenvalue weighted by atomic mass is 16.2. The van der Waals surface area contributed by atoms with Gasteiger partial charge in [-0.25, -0.2) is 0 Å². The Bertz CT molecular complexity index is 660. The van der Waals surface area contributed by atoms with Gasteiger partial charge in [0.2, 0.25) is 0 Å². The van der Waals surface area contributed by atoms with Crippen LogP contribution in [0, 0.1) is 0 Å². The first-order valence-electron chi connectivity index (χ1n) is 9.32. The minimum atomic E-state index is -0.146. The molecule has 0 spiro atoms. The second-order valence-corrected chi connectivity index (χ2v) is 8.67. The molecule has 5 heteroatoms. The Balaban J connectivity index is 2.32. The summed E-state index contributed by atoms with van der Waals surface area (Å²) in [5.74, 6) is -0.0235. The largest absolute Gasteiger partial charge is 0.336 e. The van der Waals surface area contributed by atoms with Crippen LogP contribution in [0.5, 0.6) is 0 Å². The molecule has 2 rings (SSSR count). The Morgan fingerprint density at radius 3 is 2.40 bits per heavy atom. The maximum absolute atomic E-state index is 13.2. The molecule has 140 valence electrons. The number of pyridine rings is 1. The van der Waals surface area contributed by atoms with Gasteiger partial charge in [-0.2, -0.15) is 0 Å². The van der Waals surface area contributed by atoms with Crippen molar-refractivity contribution in [1.29, 1.82) is 0 Å². The number of amides is 1. The van der Waals surface area contributed by atoms with Gasteiger partial charge >= 0.3 is 0 Å². The summed E-state index contributed by atoms with van der Waals surface area (Å²) >= 11 is 0. The van der Waals surface area contributed by atoms with Crippen LogP contribution < -0.4 is 10.9 Å². The van der Waals surface area contributed by atoms with Crippen molar-refractivity contribution >= 4 is 5.91 Å². The molecule has 1 aliphatic rings. The lowest BCUT2D eigenvalue weighted by Crippen LogP contribution is -2.63. The Hall–Kier alpha value is -1.62. The van der Waals surface area contributed by atoms with Crippen LogP contribution >= 0.6 is 0 Å². The van der Waals surface area contributed by atoms with E-state index in [0.717, 1.165) is 32.2 Å². The molecule has 1 saturated heterocycles. The zero-order valence-corrected chi connectivity index (χ0v) is 16.6. The van der Waals surface area contributed by atoms with Crippen molar-refractivity contribution < 1.29 is 4.79 Å². The van der Waals surface area contributed by atoms with Gasteiger partial charge in [-0.15, -0.1) is 0 Å². The first-order chi connectivity index (χ1) is 11.5. The SMILES string of the molecule is CCCCN(C(=O)c1ccn(C)c(=O)c1)C1CC(C)(C)NC(C)(C)C1. The molecule has 0 bridgehead atoms. The van der Waals surface area contributed by atoms with Gasteiger partial charge in [0.25, 0.3) is 11.5 Å². The van der Waals surface area contributed by atoms with E-state index in [-0.39, 0.29) is 28.6 Å². The molecule has 1 aromatic rings. The summed E-state index contributed by atoms with van der Waals surface area (Å²) in [5.41, 5.74) is 0.300. The van der Waals surface area contributed by atoms with Crippen LogP contribution in [0.4, 0.5) is 0 Å². The van der Waals surface area contributed by atoms with E-state index < -0.39 is 0 Å². The number of carbonyl (C=O) groups is 1. The number of unbranched alkanes of at least 4 members (excludes halogenated alkanes) is 1. The Morgan fingerprint density at radius 2 is 1.88 bits per heavy atom. The molecule has 0 aromatic carbocycles. The second-order valence-electron chi connectivity index (χ2n) is 8.67. The number of nitrogens with zero attached hydrogens (tertiary/aromatic N) is 2. The average molecular weight is 348 g/mol. The number of hydrogen-bond acceptors (Lipinski definition) is 3. The van der Waals surface area contributed by atoms with Gasteiger partial charge in [0.05, 0.1) is 0 Å². The highest BCUT2D eigenvalue weighted by molar-refractivity contribution is 5.94. The number of nitrogens with one attached hydrogen (secondary N) is 1. The van der Waals surface area contributed by atoms with E-state index in [1.54, 1.807) is 19.3 Å². The number of aromatic nitrogens is 1. The minimum Gasteiger partial charge on any atom is -0.336 e. The van der Waals surface area contributed by atoms with Crippen LogP contribution in [-0.2, 0) is 7.05 Å². The molecule has 25 heavy (non-hydrogen) atoms. The normalized spacial score (nSPS) is 19.6. The topological polar surface area (TPSA) is 54.3 Å². The third-order valence-corrected chi connectivity index (χ3v) is 4.97. The number of piperidine rings is 1. The van der Waals surface area contributed by atoms with E-state index >= 15 is 0 Å². The van der Waals surface area contributed by atoms with Crippen LogP contribution in [0.15, 0.2) is 23.1 Å². The molecule has 0 radical (unpaired) electrons. The van der Waals surface area contributed by atoms with Gasteiger partial charge in [-0.1, -0.05) is 13.3 Å². The quantitative estimate of drug-likeness (QED) is 0.891. The summed E-state index contributed by atoms with van der Waals surface area (Å²) in [6.07, 6.45) is 5.51. The van der Waals surface area contributed by atoms with Crippen molar-refractivity contribution in [2.75, 3.05) is 6.54 Å². The van der Waals surface area contributed by atoms with Gasteiger partial charge in [-0.3, -0.25) is 9.59 Å². The van der Waals surface area contributed by atoms with Crippen LogP contribution in [-0.4, -0.2) is 39.0 Å². The third kappa shape index (κ3) is 4.94. The molecular weight excluding hydrogens is 314 g/mol. The molecule has 0 saturated carbocycles. The first-order valence-corrected chi connectivity index (χ1v) is 9.32. The van der Waals surface area contributed by atoms with Crippen molar-refractivity contribution in [3.05, 3.63) is 34.2 Å². The van der Waals surface area contributed by atoms with Crippen LogP contribution in [0.25, 0.3) is 0 Å². The molecule has 0 unspecified atom stereocenters. The standard InChI is InChI=1S/C20H33N3O2/c1-7-8-10-23(16-13-19(2,3)21-20(4,5)14-16)18(25)15-9-11-22(6)17(24)12-15/h9,11-12,16,21H,7-8,10,13-14H2,1-6H3. The van der Waals surface area contributed by atoms with Crippen LogP contribution in [0.1, 0.15) is 70.7 Å². The Morgan fingerprint density at radius 1 is 1.28 bits per heavy atom. The molecule has 1 N–H and O–H groups in total. The van der Waals surface area contributed by atoms with Crippen molar-refractivity contribution in [3.63, 3.8) is 0 Å². The summed E-state index contributed by atoms with van der Waals surface area (Å²) in [6.45, 7) is 11.7. The van der Waals surface area contributed by atoms with Crippen LogP contribution in [0.3, 0.4) is 0 Å². The number of hydrogen-bond donors (Lipinski definition) is 1. The highest BCUT2D eigenvalue weighted by Gasteiger charge is 2.41. The van der Waals surface area contributed by atoms with E-state index in [9.17, 15) is 9.59 Å². The predicted molar refractivity (Wildman–Crippen MR) is 102 cm³/mol. The second kappa shape index (κ2) is 7.32. The van der Waals surface area contributed by atoms with Gasteiger partial charge < -0.3 is 14.8 Å². The Labute approximate surface area is 151 Å².